The van der Waals surface area contributed by atoms with E-state index in [1.807, 2.05) is 0 Å². The van der Waals surface area contributed by atoms with E-state index in [1.165, 1.54) is 4.68 Å². The molecule has 21 heavy (non-hydrogen) atoms. The Morgan fingerprint density at radius 1 is 1.33 bits per heavy atom. The highest BCUT2D eigenvalue weighted by Gasteiger charge is 2.43. The van der Waals surface area contributed by atoms with Crippen LogP contribution in [0.3, 0.4) is 0 Å². The molecule has 0 atom stereocenters. The zero-order chi connectivity index (χ0) is 15.8. The topological polar surface area (TPSA) is 101 Å². The van der Waals surface area contributed by atoms with E-state index in [4.69, 9.17) is 10.8 Å². The summed E-state index contributed by atoms with van der Waals surface area (Å²) in [7, 11) is 0. The second kappa shape index (κ2) is 5.26. The summed E-state index contributed by atoms with van der Waals surface area (Å²) in [5, 5.41) is 12.7. The molecule has 1 aromatic rings. The molecule has 7 nitrogen and oxygen atoms in total. The Balaban J connectivity index is 2.05. The van der Waals surface area contributed by atoms with Crippen molar-refractivity contribution in [3.8, 4) is 0 Å². The lowest BCUT2D eigenvalue weighted by Gasteiger charge is -2.32. The summed E-state index contributed by atoms with van der Waals surface area (Å²) < 4.78 is 38.2. The fraction of sp³-hybridized carbons (Fsp3) is 0.545. The Kier molecular flexibility index (Phi) is 3.79. The second-order valence-electron chi connectivity index (χ2n) is 4.71. The van der Waals surface area contributed by atoms with Crippen molar-refractivity contribution in [3.05, 3.63) is 11.8 Å². The van der Waals surface area contributed by atoms with Gasteiger partial charge in [-0.3, -0.25) is 4.79 Å². The molecule has 0 aromatic carbocycles. The van der Waals surface area contributed by atoms with Crippen LogP contribution >= 0.6 is 0 Å². The molecule has 1 aliphatic rings. The molecule has 10 heteroatoms. The van der Waals surface area contributed by atoms with Gasteiger partial charge in [0, 0.05) is 13.1 Å². The van der Waals surface area contributed by atoms with Crippen molar-refractivity contribution in [2.24, 2.45) is 0 Å². The molecule has 1 fully saturated rings. The van der Waals surface area contributed by atoms with Gasteiger partial charge in [0.25, 0.3) is 0 Å². The van der Waals surface area contributed by atoms with E-state index in [-0.39, 0.29) is 43.4 Å². The number of carbonyl (C=O) groups is 2. The Morgan fingerprint density at radius 2 is 1.90 bits per heavy atom. The molecule has 1 aromatic heterocycles. The largest absolute Gasteiger partial charge is 0.477 e. The van der Waals surface area contributed by atoms with Gasteiger partial charge in [-0.25, -0.2) is 9.48 Å². The van der Waals surface area contributed by atoms with Crippen LogP contribution in [0.2, 0.25) is 0 Å². The maximum absolute atomic E-state index is 12.3. The van der Waals surface area contributed by atoms with Crippen LogP contribution in [0.4, 0.5) is 19.0 Å². The van der Waals surface area contributed by atoms with E-state index in [0.29, 0.717) is 0 Å². The number of nitrogen functional groups attached to an aromatic ring is 1. The molecule has 0 unspecified atom stereocenters. The number of carboxylic acids is 1. The highest BCUT2D eigenvalue weighted by Crippen LogP contribution is 2.28. The van der Waals surface area contributed by atoms with Gasteiger partial charge in [0.15, 0.2) is 0 Å². The first kappa shape index (κ1) is 15.1. The Morgan fingerprint density at radius 3 is 2.33 bits per heavy atom. The summed E-state index contributed by atoms with van der Waals surface area (Å²) in [5.41, 5.74) is 5.51. The van der Waals surface area contributed by atoms with Crippen LogP contribution < -0.4 is 5.73 Å². The molecule has 3 N–H and O–H groups in total. The maximum Gasteiger partial charge on any atom is 0.471 e. The molecule has 1 aliphatic heterocycles. The van der Waals surface area contributed by atoms with Crippen LogP contribution in [-0.4, -0.2) is 50.9 Å². The number of alkyl halides is 3. The van der Waals surface area contributed by atoms with Crippen molar-refractivity contribution >= 4 is 17.7 Å². The summed E-state index contributed by atoms with van der Waals surface area (Å²) in [6.45, 7) is -0.157. The maximum atomic E-state index is 12.3. The number of anilines is 1. The molecule has 1 amide bonds. The molecular formula is C11H13F3N4O3. The Bertz CT molecular complexity index is 562. The van der Waals surface area contributed by atoms with Crippen molar-refractivity contribution in [3.63, 3.8) is 0 Å². The summed E-state index contributed by atoms with van der Waals surface area (Å²) in [6.07, 6.45) is -3.32. The highest BCUT2D eigenvalue weighted by atomic mass is 19.4. The second-order valence-corrected chi connectivity index (χ2v) is 4.71. The molecule has 0 spiro atoms. The number of aromatic nitrogens is 2. The lowest BCUT2D eigenvalue weighted by molar-refractivity contribution is -0.186. The molecule has 2 heterocycles. The minimum absolute atomic E-state index is 0.0388. The number of nitrogens with zero attached hydrogens (tertiary/aromatic N) is 3. The number of hydrogen-bond acceptors (Lipinski definition) is 4. The van der Waals surface area contributed by atoms with Crippen molar-refractivity contribution in [2.75, 3.05) is 18.8 Å². The average Bonchev–Trinajstić information content (AvgIpc) is 2.79. The van der Waals surface area contributed by atoms with Gasteiger partial charge >= 0.3 is 18.1 Å². The van der Waals surface area contributed by atoms with E-state index in [0.717, 1.165) is 11.1 Å². The van der Waals surface area contributed by atoms with Gasteiger partial charge in [-0.1, -0.05) is 0 Å². The molecular weight excluding hydrogens is 293 g/mol. The third-order valence-corrected chi connectivity index (χ3v) is 3.40. The number of carboxylic acid groups (broad SMARTS) is 1. The predicted octanol–water partition coefficient (Wildman–Crippen LogP) is 0.889. The first-order valence-corrected chi connectivity index (χ1v) is 6.14. The summed E-state index contributed by atoms with van der Waals surface area (Å²) in [5.74, 6) is -3.12. The molecule has 2 rings (SSSR count). The number of nitrogens with two attached hydrogens (primary N) is 1. The number of hydrogen-bond donors (Lipinski definition) is 2. The number of rotatable bonds is 2. The normalized spacial score (nSPS) is 17.0. The van der Waals surface area contributed by atoms with Crippen molar-refractivity contribution in [1.82, 2.24) is 14.7 Å². The number of amides is 1. The van der Waals surface area contributed by atoms with Gasteiger partial charge in [0.05, 0.1) is 12.2 Å². The quantitative estimate of drug-likeness (QED) is 0.845. The first-order valence-electron chi connectivity index (χ1n) is 6.14. The van der Waals surface area contributed by atoms with Crippen LogP contribution in [0.5, 0.6) is 0 Å². The monoisotopic (exact) mass is 306 g/mol. The fourth-order valence-electron chi connectivity index (χ4n) is 2.32. The number of likely N-dealkylation sites (tertiary alicyclic amines) is 1. The van der Waals surface area contributed by atoms with Gasteiger partial charge in [-0.2, -0.15) is 18.3 Å². The van der Waals surface area contributed by atoms with E-state index in [9.17, 15) is 22.8 Å². The van der Waals surface area contributed by atoms with Crippen LogP contribution in [-0.2, 0) is 4.79 Å². The minimum atomic E-state index is -4.88. The number of aromatic carboxylic acids is 1. The molecule has 0 aliphatic carbocycles. The van der Waals surface area contributed by atoms with Crippen molar-refractivity contribution < 1.29 is 27.9 Å². The number of carbonyl (C=O) groups excluding carboxylic acids is 1. The molecule has 0 bridgehead atoms. The zero-order valence-corrected chi connectivity index (χ0v) is 10.8. The lowest BCUT2D eigenvalue weighted by Crippen LogP contribution is -2.45. The van der Waals surface area contributed by atoms with Gasteiger partial charge in [0.2, 0.25) is 0 Å². The van der Waals surface area contributed by atoms with Crippen molar-refractivity contribution in [1.29, 1.82) is 0 Å². The standard InChI is InChI=1S/C11H13F3N4O3/c12-11(13,14)10(21)17-3-1-6(2-4-17)18-8(15)7(5-16-18)9(19)20/h5-6H,1-4,15H2,(H,19,20). The Hall–Kier alpha value is -2.26. The third kappa shape index (κ3) is 2.93. The van der Waals surface area contributed by atoms with Crippen LogP contribution in [0.1, 0.15) is 29.2 Å². The summed E-state index contributed by atoms with van der Waals surface area (Å²) in [6, 6.07) is -0.324. The number of piperidine rings is 1. The van der Waals surface area contributed by atoms with Crippen LogP contribution in [0.25, 0.3) is 0 Å². The Labute approximate surface area is 117 Å². The smallest absolute Gasteiger partial charge is 0.471 e. The molecule has 1 saturated heterocycles. The predicted molar refractivity (Wildman–Crippen MR) is 64.5 cm³/mol. The fourth-order valence-corrected chi connectivity index (χ4v) is 2.32. The van der Waals surface area contributed by atoms with E-state index >= 15 is 0 Å². The van der Waals surface area contributed by atoms with E-state index in [2.05, 4.69) is 5.10 Å². The van der Waals surface area contributed by atoms with E-state index in [1.54, 1.807) is 0 Å². The summed E-state index contributed by atoms with van der Waals surface area (Å²) >= 11 is 0. The highest BCUT2D eigenvalue weighted by molar-refractivity contribution is 5.92. The molecule has 0 radical (unpaired) electrons. The molecule has 0 saturated carbocycles. The average molecular weight is 306 g/mol. The zero-order valence-electron chi connectivity index (χ0n) is 10.8. The van der Waals surface area contributed by atoms with E-state index < -0.39 is 18.1 Å². The molecule has 116 valence electrons. The minimum Gasteiger partial charge on any atom is -0.477 e. The van der Waals surface area contributed by atoms with Gasteiger partial charge < -0.3 is 15.7 Å². The van der Waals surface area contributed by atoms with Gasteiger partial charge in [-0.15, -0.1) is 0 Å². The SMILES string of the molecule is Nc1c(C(=O)O)cnn1C1CCN(C(=O)C(F)(F)F)CC1. The third-order valence-electron chi connectivity index (χ3n) is 3.40. The van der Waals surface area contributed by atoms with Gasteiger partial charge in [0.1, 0.15) is 11.4 Å². The van der Waals surface area contributed by atoms with Crippen molar-refractivity contribution in [2.45, 2.75) is 25.1 Å². The van der Waals surface area contributed by atoms with Crippen LogP contribution in [0.15, 0.2) is 6.20 Å². The lowest BCUT2D eigenvalue weighted by atomic mass is 10.0. The summed E-state index contributed by atoms with van der Waals surface area (Å²) in [4.78, 5) is 22.7. The van der Waals surface area contributed by atoms with Gasteiger partial charge in [-0.05, 0) is 12.8 Å². The first-order chi connectivity index (χ1) is 9.71. The number of halogens is 3. The van der Waals surface area contributed by atoms with Crippen LogP contribution in [0, 0.1) is 0 Å².